The Kier molecular flexibility index (Phi) is 4.91. The van der Waals surface area contributed by atoms with E-state index >= 15 is 0 Å². The summed E-state index contributed by atoms with van der Waals surface area (Å²) in [4.78, 5) is 22.9. The number of nitrogens with zero attached hydrogens (tertiary/aromatic N) is 3. The van der Waals surface area contributed by atoms with Crippen molar-refractivity contribution < 1.29 is 14.1 Å². The Labute approximate surface area is 159 Å². The van der Waals surface area contributed by atoms with Crippen LogP contribution in [0.2, 0.25) is 0 Å². The molecule has 0 atom stereocenters. The van der Waals surface area contributed by atoms with Crippen molar-refractivity contribution in [1.82, 2.24) is 9.78 Å². The van der Waals surface area contributed by atoms with E-state index in [9.17, 15) is 14.9 Å². The molecule has 2 aromatic carbocycles. The molecule has 0 spiro atoms. The molecular formula is C18H13ClN4O4. The number of aromatic nitrogens is 2. The predicted molar refractivity (Wildman–Crippen MR) is 102 cm³/mol. The number of carbonyl (C=O) groups is 1. The number of furan rings is 1. The molecule has 4 rings (SSSR count). The van der Waals surface area contributed by atoms with E-state index in [0.717, 1.165) is 5.69 Å². The fourth-order valence-corrected chi connectivity index (χ4v) is 2.65. The first-order valence-corrected chi connectivity index (χ1v) is 7.71. The Hall–Kier alpha value is -3.65. The van der Waals surface area contributed by atoms with Crippen molar-refractivity contribution in [1.29, 1.82) is 0 Å². The number of hydrogen-bond acceptors (Lipinski definition) is 5. The van der Waals surface area contributed by atoms with Gasteiger partial charge in [0.05, 0.1) is 27.8 Å². The molecule has 8 nitrogen and oxygen atoms in total. The van der Waals surface area contributed by atoms with Crippen LogP contribution in [-0.4, -0.2) is 20.6 Å². The van der Waals surface area contributed by atoms with Gasteiger partial charge in [-0.2, -0.15) is 0 Å². The molecule has 0 unspecified atom stereocenters. The van der Waals surface area contributed by atoms with Gasteiger partial charge in [0.25, 0.3) is 11.6 Å². The number of halogens is 1. The molecule has 9 heteroatoms. The molecule has 0 fully saturated rings. The van der Waals surface area contributed by atoms with E-state index in [1.165, 1.54) is 24.5 Å². The second kappa shape index (κ2) is 7.30. The summed E-state index contributed by atoms with van der Waals surface area (Å²) in [5.74, 6) is -0.145. The molecule has 0 radical (unpaired) electrons. The lowest BCUT2D eigenvalue weighted by Gasteiger charge is -2.02. The Morgan fingerprint density at radius 3 is 2.56 bits per heavy atom. The number of non-ortho nitro benzene ring substituents is 1. The standard InChI is InChI=1S/C18H12N4O4.ClH/c23-18(16-7-4-10-26-16)19-17-14-11-13(22(24)25)8-9-15(14)21(20-17)12-5-2-1-3-6-12;/h1-11H,(H,19,20,23);1H. The van der Waals surface area contributed by atoms with Crippen molar-refractivity contribution >= 4 is 40.7 Å². The fourth-order valence-electron chi connectivity index (χ4n) is 2.65. The maximum absolute atomic E-state index is 12.3. The lowest BCUT2D eigenvalue weighted by Crippen LogP contribution is -2.11. The Bertz CT molecular complexity index is 1110. The number of rotatable bonds is 4. The van der Waals surface area contributed by atoms with Crippen molar-refractivity contribution in [2.45, 2.75) is 0 Å². The minimum absolute atomic E-state index is 0. The summed E-state index contributed by atoms with van der Waals surface area (Å²) >= 11 is 0. The van der Waals surface area contributed by atoms with Gasteiger partial charge in [-0.15, -0.1) is 17.5 Å². The number of fused-ring (bicyclic) bond motifs is 1. The average Bonchev–Trinajstić information content (AvgIpc) is 3.31. The van der Waals surface area contributed by atoms with Crippen LogP contribution in [0.15, 0.2) is 71.3 Å². The zero-order chi connectivity index (χ0) is 18.1. The predicted octanol–water partition coefficient (Wildman–Crippen LogP) is 4.20. The van der Waals surface area contributed by atoms with E-state index in [4.69, 9.17) is 4.42 Å². The molecule has 4 aromatic rings. The molecular weight excluding hydrogens is 372 g/mol. The molecule has 0 aliphatic carbocycles. The number of nitro groups is 1. The highest BCUT2D eigenvalue weighted by Crippen LogP contribution is 2.29. The highest BCUT2D eigenvalue weighted by atomic mass is 35.5. The van der Waals surface area contributed by atoms with Gasteiger partial charge < -0.3 is 9.73 Å². The normalized spacial score (nSPS) is 10.4. The van der Waals surface area contributed by atoms with Crippen molar-refractivity contribution in [3.63, 3.8) is 0 Å². The SMILES string of the molecule is Cl.O=C(Nc1nn(-c2ccccc2)c2ccc([N+](=O)[O-])cc12)c1ccco1. The monoisotopic (exact) mass is 384 g/mol. The Balaban J connectivity index is 0.00000210. The van der Waals surface area contributed by atoms with Crippen LogP contribution in [0.25, 0.3) is 16.6 Å². The van der Waals surface area contributed by atoms with Gasteiger partial charge in [0.2, 0.25) is 0 Å². The van der Waals surface area contributed by atoms with Gasteiger partial charge in [-0.25, -0.2) is 4.68 Å². The second-order valence-electron chi connectivity index (χ2n) is 5.49. The van der Waals surface area contributed by atoms with Crippen molar-refractivity contribution in [2.75, 3.05) is 5.32 Å². The molecule has 1 amide bonds. The van der Waals surface area contributed by atoms with Crippen LogP contribution < -0.4 is 5.32 Å². The number of amides is 1. The Morgan fingerprint density at radius 2 is 1.89 bits per heavy atom. The molecule has 2 aromatic heterocycles. The molecule has 1 N–H and O–H groups in total. The quantitative estimate of drug-likeness (QED) is 0.419. The molecule has 0 aliphatic rings. The van der Waals surface area contributed by atoms with Crippen LogP contribution in [-0.2, 0) is 0 Å². The van der Waals surface area contributed by atoms with Crippen molar-refractivity contribution in [3.8, 4) is 5.69 Å². The van der Waals surface area contributed by atoms with E-state index < -0.39 is 10.8 Å². The molecule has 27 heavy (non-hydrogen) atoms. The lowest BCUT2D eigenvalue weighted by atomic mass is 10.2. The largest absolute Gasteiger partial charge is 0.459 e. The van der Waals surface area contributed by atoms with Crippen LogP contribution in [0.3, 0.4) is 0 Å². The molecule has 136 valence electrons. The molecule has 0 aliphatic heterocycles. The van der Waals surface area contributed by atoms with Gasteiger partial charge in [-0.05, 0) is 30.3 Å². The minimum Gasteiger partial charge on any atom is -0.459 e. The maximum Gasteiger partial charge on any atom is 0.292 e. The van der Waals surface area contributed by atoms with Crippen molar-refractivity contribution in [3.05, 3.63) is 82.8 Å². The van der Waals surface area contributed by atoms with E-state index in [0.29, 0.717) is 10.9 Å². The highest BCUT2D eigenvalue weighted by molar-refractivity contribution is 6.07. The summed E-state index contributed by atoms with van der Waals surface area (Å²) in [6.07, 6.45) is 1.39. The Morgan fingerprint density at radius 1 is 1.11 bits per heavy atom. The van der Waals surface area contributed by atoms with Gasteiger partial charge in [0.15, 0.2) is 11.6 Å². The summed E-state index contributed by atoms with van der Waals surface area (Å²) in [7, 11) is 0. The van der Waals surface area contributed by atoms with Crippen molar-refractivity contribution in [2.24, 2.45) is 0 Å². The molecule has 0 bridgehead atoms. The summed E-state index contributed by atoms with van der Waals surface area (Å²) in [6, 6.07) is 16.8. The lowest BCUT2D eigenvalue weighted by molar-refractivity contribution is -0.384. The third-order valence-corrected chi connectivity index (χ3v) is 3.85. The number of hydrogen-bond donors (Lipinski definition) is 1. The third-order valence-electron chi connectivity index (χ3n) is 3.85. The first-order valence-electron chi connectivity index (χ1n) is 7.71. The van der Waals surface area contributed by atoms with Crippen LogP contribution in [0.1, 0.15) is 10.6 Å². The highest BCUT2D eigenvalue weighted by Gasteiger charge is 2.19. The topological polar surface area (TPSA) is 103 Å². The van der Waals surface area contributed by atoms with Crippen LogP contribution in [0.4, 0.5) is 11.5 Å². The first kappa shape index (κ1) is 18.2. The van der Waals surface area contributed by atoms with E-state index in [1.807, 2.05) is 30.3 Å². The van der Waals surface area contributed by atoms with Crippen LogP contribution >= 0.6 is 12.4 Å². The first-order chi connectivity index (χ1) is 12.6. The molecule has 0 saturated heterocycles. The fraction of sp³-hybridized carbons (Fsp3) is 0. The number of carbonyl (C=O) groups excluding carboxylic acids is 1. The summed E-state index contributed by atoms with van der Waals surface area (Å²) in [5, 5.41) is 18.7. The summed E-state index contributed by atoms with van der Waals surface area (Å²) in [5.41, 5.74) is 1.32. The summed E-state index contributed by atoms with van der Waals surface area (Å²) < 4.78 is 6.70. The number of anilines is 1. The third kappa shape index (κ3) is 3.38. The molecule has 2 heterocycles. The smallest absolute Gasteiger partial charge is 0.292 e. The van der Waals surface area contributed by atoms with Crippen LogP contribution in [0, 0.1) is 10.1 Å². The second-order valence-corrected chi connectivity index (χ2v) is 5.49. The number of nitro benzene ring substituents is 1. The van der Waals surface area contributed by atoms with Gasteiger partial charge in [-0.1, -0.05) is 18.2 Å². The van der Waals surface area contributed by atoms with E-state index in [1.54, 1.807) is 16.8 Å². The van der Waals surface area contributed by atoms with Gasteiger partial charge >= 0.3 is 0 Å². The number of nitrogens with one attached hydrogen (secondary N) is 1. The average molecular weight is 385 g/mol. The molecule has 0 saturated carbocycles. The minimum atomic E-state index is -0.489. The van der Waals surface area contributed by atoms with E-state index in [-0.39, 0.29) is 29.7 Å². The van der Waals surface area contributed by atoms with Gasteiger partial charge in [0, 0.05) is 12.1 Å². The maximum atomic E-state index is 12.3. The van der Waals surface area contributed by atoms with Gasteiger partial charge in [0.1, 0.15) is 0 Å². The van der Waals surface area contributed by atoms with E-state index in [2.05, 4.69) is 10.4 Å². The number of benzene rings is 2. The van der Waals surface area contributed by atoms with Gasteiger partial charge in [-0.3, -0.25) is 14.9 Å². The summed E-state index contributed by atoms with van der Waals surface area (Å²) in [6.45, 7) is 0. The van der Waals surface area contributed by atoms with Crippen LogP contribution in [0.5, 0.6) is 0 Å². The zero-order valence-corrected chi connectivity index (χ0v) is 14.6. The number of para-hydroxylation sites is 1. The zero-order valence-electron chi connectivity index (χ0n) is 13.7.